The summed E-state index contributed by atoms with van der Waals surface area (Å²) in [5, 5.41) is 0. The number of rotatable bonds is 3. The van der Waals surface area contributed by atoms with Gasteiger partial charge in [0.2, 0.25) is 10.0 Å². The highest BCUT2D eigenvalue weighted by Gasteiger charge is 2.29. The Morgan fingerprint density at radius 2 is 2.00 bits per heavy atom. The summed E-state index contributed by atoms with van der Waals surface area (Å²) in [6.45, 7) is 0.955. The zero-order chi connectivity index (χ0) is 13.2. The number of piperidine rings is 1. The molecular formula is C12H15ClFNO2S. The summed E-state index contributed by atoms with van der Waals surface area (Å²) in [5.41, 5.74) is 0. The molecule has 6 heteroatoms. The van der Waals surface area contributed by atoms with Crippen molar-refractivity contribution < 1.29 is 12.8 Å². The molecule has 0 radical (unpaired) electrons. The van der Waals surface area contributed by atoms with E-state index in [1.54, 1.807) is 0 Å². The molecule has 0 aliphatic carbocycles. The molecule has 0 amide bonds. The van der Waals surface area contributed by atoms with Crippen molar-refractivity contribution in [1.29, 1.82) is 0 Å². The van der Waals surface area contributed by atoms with Crippen LogP contribution in [0.1, 0.15) is 12.8 Å². The van der Waals surface area contributed by atoms with E-state index < -0.39 is 15.8 Å². The molecule has 1 aromatic rings. The van der Waals surface area contributed by atoms with E-state index in [9.17, 15) is 12.8 Å². The van der Waals surface area contributed by atoms with Gasteiger partial charge >= 0.3 is 0 Å². The summed E-state index contributed by atoms with van der Waals surface area (Å²) in [6, 6.07) is 4.93. The normalized spacial score (nSPS) is 22.0. The van der Waals surface area contributed by atoms with Crippen LogP contribution in [0.2, 0.25) is 0 Å². The number of hydrogen-bond acceptors (Lipinski definition) is 2. The molecule has 0 N–H and O–H groups in total. The average molecular weight is 292 g/mol. The van der Waals surface area contributed by atoms with Crippen molar-refractivity contribution in [3.63, 3.8) is 0 Å². The van der Waals surface area contributed by atoms with E-state index in [-0.39, 0.29) is 10.8 Å². The highest BCUT2D eigenvalue weighted by atomic mass is 35.5. The Morgan fingerprint density at radius 3 is 2.61 bits per heavy atom. The van der Waals surface area contributed by atoms with Crippen LogP contribution in [-0.4, -0.2) is 31.7 Å². The Labute approximate surface area is 112 Å². The standard InChI is InChI=1S/C12H15ClFNO2S/c13-8-10-2-1-7-15(9-10)18(16,17)12-5-3-11(14)4-6-12/h3-6,10H,1-2,7-9H2. The van der Waals surface area contributed by atoms with Crippen molar-refractivity contribution in [1.82, 2.24) is 4.31 Å². The molecule has 0 spiro atoms. The Bertz CT molecular complexity index is 503. The number of benzene rings is 1. The fourth-order valence-electron chi connectivity index (χ4n) is 2.13. The zero-order valence-electron chi connectivity index (χ0n) is 9.85. The van der Waals surface area contributed by atoms with Gasteiger partial charge < -0.3 is 0 Å². The summed E-state index contributed by atoms with van der Waals surface area (Å²) < 4.78 is 38.9. The van der Waals surface area contributed by atoms with Gasteiger partial charge in [0.1, 0.15) is 5.82 Å². The summed E-state index contributed by atoms with van der Waals surface area (Å²) in [6.07, 6.45) is 1.77. The number of halogens is 2. The quantitative estimate of drug-likeness (QED) is 0.802. The van der Waals surface area contributed by atoms with Crippen molar-refractivity contribution in [2.24, 2.45) is 5.92 Å². The van der Waals surface area contributed by atoms with Gasteiger partial charge in [-0.1, -0.05) is 0 Å². The largest absolute Gasteiger partial charge is 0.243 e. The first-order valence-electron chi connectivity index (χ1n) is 5.85. The number of nitrogens with zero attached hydrogens (tertiary/aromatic N) is 1. The molecule has 1 fully saturated rings. The van der Waals surface area contributed by atoms with E-state index in [4.69, 9.17) is 11.6 Å². The van der Waals surface area contributed by atoms with Crippen LogP contribution >= 0.6 is 11.6 Å². The third kappa shape index (κ3) is 2.84. The molecule has 18 heavy (non-hydrogen) atoms. The third-order valence-corrected chi connectivity index (χ3v) is 5.47. The van der Waals surface area contributed by atoms with Gasteiger partial charge in [-0.05, 0) is 43.0 Å². The number of hydrogen-bond donors (Lipinski definition) is 0. The molecular weight excluding hydrogens is 277 g/mol. The molecule has 1 aromatic carbocycles. The lowest BCUT2D eigenvalue weighted by Crippen LogP contribution is -2.40. The molecule has 0 saturated carbocycles. The zero-order valence-corrected chi connectivity index (χ0v) is 11.4. The predicted octanol–water partition coefficient (Wildman–Crippen LogP) is 2.47. The number of sulfonamides is 1. The van der Waals surface area contributed by atoms with Crippen LogP contribution in [0, 0.1) is 11.7 Å². The molecule has 3 nitrogen and oxygen atoms in total. The van der Waals surface area contributed by atoms with Gasteiger partial charge in [0.25, 0.3) is 0 Å². The molecule has 1 aliphatic heterocycles. The van der Waals surface area contributed by atoms with Gasteiger partial charge in [0.15, 0.2) is 0 Å². The lowest BCUT2D eigenvalue weighted by atomic mass is 10.0. The first kappa shape index (κ1) is 13.8. The molecule has 0 bridgehead atoms. The molecule has 1 unspecified atom stereocenters. The maximum absolute atomic E-state index is 12.8. The van der Waals surface area contributed by atoms with Gasteiger partial charge in [0, 0.05) is 19.0 Å². The first-order chi connectivity index (χ1) is 8.54. The van der Waals surface area contributed by atoms with Gasteiger partial charge in [-0.3, -0.25) is 0 Å². The second kappa shape index (κ2) is 5.55. The smallest absolute Gasteiger partial charge is 0.207 e. The summed E-state index contributed by atoms with van der Waals surface area (Å²) in [7, 11) is -3.51. The Hall–Kier alpha value is -0.650. The minimum Gasteiger partial charge on any atom is -0.207 e. The van der Waals surface area contributed by atoms with Crippen molar-refractivity contribution in [3.05, 3.63) is 30.1 Å². The van der Waals surface area contributed by atoms with E-state index >= 15 is 0 Å². The van der Waals surface area contributed by atoms with Crippen LogP contribution in [-0.2, 0) is 10.0 Å². The van der Waals surface area contributed by atoms with Crippen molar-refractivity contribution in [2.75, 3.05) is 19.0 Å². The summed E-state index contributed by atoms with van der Waals surface area (Å²) in [5.74, 6) is 0.233. The SMILES string of the molecule is O=S(=O)(c1ccc(F)cc1)N1CCCC(CCl)C1. The highest BCUT2D eigenvalue weighted by Crippen LogP contribution is 2.24. The second-order valence-corrected chi connectivity index (χ2v) is 6.73. The van der Waals surface area contributed by atoms with Crippen LogP contribution < -0.4 is 0 Å². The Morgan fingerprint density at radius 1 is 1.33 bits per heavy atom. The lowest BCUT2D eigenvalue weighted by molar-refractivity contribution is 0.283. The average Bonchev–Trinajstić information content (AvgIpc) is 2.39. The lowest BCUT2D eigenvalue weighted by Gasteiger charge is -2.30. The molecule has 100 valence electrons. The molecule has 1 saturated heterocycles. The second-order valence-electron chi connectivity index (χ2n) is 4.48. The first-order valence-corrected chi connectivity index (χ1v) is 7.83. The molecule has 0 aromatic heterocycles. The van der Waals surface area contributed by atoms with Crippen LogP contribution in [0.4, 0.5) is 4.39 Å². The minimum atomic E-state index is -3.51. The van der Waals surface area contributed by atoms with E-state index in [0.29, 0.717) is 19.0 Å². The van der Waals surface area contributed by atoms with Crippen molar-refractivity contribution in [3.8, 4) is 0 Å². The minimum absolute atomic E-state index is 0.138. The highest BCUT2D eigenvalue weighted by molar-refractivity contribution is 7.89. The third-order valence-electron chi connectivity index (χ3n) is 3.15. The molecule has 1 heterocycles. The Balaban J connectivity index is 2.22. The molecule has 1 atom stereocenters. The van der Waals surface area contributed by atoms with Crippen molar-refractivity contribution >= 4 is 21.6 Å². The maximum atomic E-state index is 12.8. The fourth-order valence-corrected chi connectivity index (χ4v) is 3.93. The van der Waals surface area contributed by atoms with Gasteiger partial charge in [-0.25, -0.2) is 12.8 Å². The van der Waals surface area contributed by atoms with Crippen LogP contribution in [0.15, 0.2) is 29.2 Å². The van der Waals surface area contributed by atoms with Gasteiger partial charge in [-0.15, -0.1) is 11.6 Å². The topological polar surface area (TPSA) is 37.4 Å². The molecule has 2 rings (SSSR count). The van der Waals surface area contributed by atoms with Gasteiger partial charge in [0.05, 0.1) is 4.90 Å². The van der Waals surface area contributed by atoms with E-state index in [2.05, 4.69) is 0 Å². The van der Waals surface area contributed by atoms with E-state index in [1.807, 2.05) is 0 Å². The van der Waals surface area contributed by atoms with E-state index in [1.165, 1.54) is 16.4 Å². The number of alkyl halides is 1. The summed E-state index contributed by atoms with van der Waals surface area (Å²) >= 11 is 5.79. The maximum Gasteiger partial charge on any atom is 0.243 e. The summed E-state index contributed by atoms with van der Waals surface area (Å²) in [4.78, 5) is 0.138. The Kier molecular flexibility index (Phi) is 4.25. The van der Waals surface area contributed by atoms with Crippen LogP contribution in [0.5, 0.6) is 0 Å². The van der Waals surface area contributed by atoms with Gasteiger partial charge in [-0.2, -0.15) is 4.31 Å². The van der Waals surface area contributed by atoms with Crippen LogP contribution in [0.3, 0.4) is 0 Å². The van der Waals surface area contributed by atoms with Crippen molar-refractivity contribution in [2.45, 2.75) is 17.7 Å². The van der Waals surface area contributed by atoms with E-state index in [0.717, 1.165) is 25.0 Å². The van der Waals surface area contributed by atoms with Crippen LogP contribution in [0.25, 0.3) is 0 Å². The fraction of sp³-hybridized carbons (Fsp3) is 0.500. The molecule has 1 aliphatic rings. The predicted molar refractivity (Wildman–Crippen MR) is 68.6 cm³/mol. The monoisotopic (exact) mass is 291 g/mol.